The van der Waals surface area contributed by atoms with Crippen molar-refractivity contribution in [1.29, 1.82) is 0 Å². The van der Waals surface area contributed by atoms with Gasteiger partial charge in [0.25, 0.3) is 0 Å². The summed E-state index contributed by atoms with van der Waals surface area (Å²) in [6, 6.07) is 23.0. The summed E-state index contributed by atoms with van der Waals surface area (Å²) in [5.74, 6) is 0.867. The third-order valence-electron chi connectivity index (χ3n) is 5.81. The highest BCUT2D eigenvalue weighted by Gasteiger charge is 2.15. The molecule has 4 aromatic rings. The van der Waals surface area contributed by atoms with Crippen LogP contribution in [0, 0.1) is 0 Å². The van der Waals surface area contributed by atoms with Crippen LogP contribution in [0.4, 0.5) is 0 Å². The number of pyridine rings is 1. The lowest BCUT2D eigenvalue weighted by Crippen LogP contribution is -2.18. The molecule has 0 saturated heterocycles. The number of nitrogens with one attached hydrogen (secondary N) is 1. The summed E-state index contributed by atoms with van der Waals surface area (Å²) in [6.45, 7) is 9.90. The molecule has 4 rings (SSSR count). The van der Waals surface area contributed by atoms with Gasteiger partial charge in [0.15, 0.2) is 0 Å². The Bertz CT molecular complexity index is 1200. The Kier molecular flexibility index (Phi) is 7.50. The van der Waals surface area contributed by atoms with Crippen LogP contribution in [0.1, 0.15) is 39.7 Å². The Morgan fingerprint density at radius 2 is 1.55 bits per heavy atom. The van der Waals surface area contributed by atoms with Crippen molar-refractivity contribution in [3.8, 4) is 33.9 Å². The van der Waals surface area contributed by atoms with Crippen molar-refractivity contribution in [3.05, 3.63) is 84.7 Å². The Morgan fingerprint density at radius 3 is 2.18 bits per heavy atom. The summed E-state index contributed by atoms with van der Waals surface area (Å²) in [6.07, 6.45) is 4.80. The monoisotopic (exact) mass is 456 g/mol. The summed E-state index contributed by atoms with van der Waals surface area (Å²) in [7, 11) is 0.0925. The van der Waals surface area contributed by atoms with Crippen molar-refractivity contribution in [2.24, 2.45) is 4.36 Å². The van der Waals surface area contributed by atoms with Crippen LogP contribution < -0.4 is 0 Å². The predicted octanol–water partition coefficient (Wildman–Crippen LogP) is 7.31. The van der Waals surface area contributed by atoms with Gasteiger partial charge in [0, 0.05) is 39.6 Å². The SMILES string of the molecule is CCC(C)S(=NCc1ccc(-c2nc(-c3ccccc3)[nH]c2-c2ccncc2)cc1)C(C)C. The Hall–Kier alpha value is -3.05. The van der Waals surface area contributed by atoms with Crippen molar-refractivity contribution >= 4 is 10.7 Å². The minimum Gasteiger partial charge on any atom is -0.337 e. The predicted molar refractivity (Wildman–Crippen MR) is 141 cm³/mol. The van der Waals surface area contributed by atoms with Gasteiger partial charge in [-0.3, -0.25) is 9.35 Å². The number of hydrogen-bond donors (Lipinski definition) is 1. The van der Waals surface area contributed by atoms with Crippen molar-refractivity contribution in [1.82, 2.24) is 15.0 Å². The molecule has 0 aliphatic carbocycles. The van der Waals surface area contributed by atoms with Gasteiger partial charge in [-0.25, -0.2) is 4.98 Å². The molecular weight excluding hydrogens is 424 g/mol. The second-order valence-electron chi connectivity index (χ2n) is 8.51. The van der Waals surface area contributed by atoms with E-state index in [0.29, 0.717) is 10.5 Å². The molecule has 0 spiro atoms. The van der Waals surface area contributed by atoms with Crippen molar-refractivity contribution < 1.29 is 0 Å². The minimum atomic E-state index is 0.0925. The van der Waals surface area contributed by atoms with Crippen molar-refractivity contribution in [2.75, 3.05) is 0 Å². The van der Waals surface area contributed by atoms with Crippen molar-refractivity contribution in [2.45, 2.75) is 51.2 Å². The molecule has 2 aromatic heterocycles. The average Bonchev–Trinajstić information content (AvgIpc) is 3.31. The van der Waals surface area contributed by atoms with E-state index in [1.807, 2.05) is 42.7 Å². The third-order valence-corrected chi connectivity index (χ3v) is 8.36. The van der Waals surface area contributed by atoms with Gasteiger partial charge in [0.1, 0.15) is 5.82 Å². The van der Waals surface area contributed by atoms with Gasteiger partial charge in [-0.1, -0.05) is 93.0 Å². The van der Waals surface area contributed by atoms with E-state index in [0.717, 1.165) is 40.4 Å². The smallest absolute Gasteiger partial charge is 0.138 e. The van der Waals surface area contributed by atoms with Crippen LogP contribution in [-0.4, -0.2) is 25.5 Å². The fourth-order valence-corrected chi connectivity index (χ4v) is 5.99. The molecule has 0 aliphatic heterocycles. The quantitative estimate of drug-likeness (QED) is 0.302. The molecule has 0 saturated carbocycles. The van der Waals surface area contributed by atoms with Crippen molar-refractivity contribution in [3.63, 3.8) is 0 Å². The highest BCUT2D eigenvalue weighted by atomic mass is 32.2. The Balaban J connectivity index is 1.67. The van der Waals surface area contributed by atoms with E-state index in [9.17, 15) is 0 Å². The standard InChI is InChI=1S/C28H32N4S/c1-5-21(4)33(20(2)3)30-19-22-11-13-23(14-12-22)26-27(24-15-17-29-18-16-24)32-28(31-26)25-9-7-6-8-10-25/h6-18,20-21H,5,19H2,1-4H3,(H,31,32). The topological polar surface area (TPSA) is 53.9 Å². The molecule has 2 aromatic carbocycles. The molecule has 1 N–H and O–H groups in total. The molecule has 2 heterocycles. The first-order valence-electron chi connectivity index (χ1n) is 11.6. The number of hydrogen-bond acceptors (Lipinski definition) is 3. The normalized spacial score (nSPS) is 13.4. The number of aromatic nitrogens is 3. The highest BCUT2D eigenvalue weighted by molar-refractivity contribution is 7.88. The number of H-pyrrole nitrogens is 1. The fraction of sp³-hybridized carbons (Fsp3) is 0.286. The lowest BCUT2D eigenvalue weighted by molar-refractivity contribution is 0.880. The van der Waals surface area contributed by atoms with Crippen LogP contribution in [0.3, 0.4) is 0 Å². The first-order chi connectivity index (χ1) is 16.1. The molecule has 2 unspecified atom stereocenters. The zero-order valence-corrected chi connectivity index (χ0v) is 20.6. The lowest BCUT2D eigenvalue weighted by atomic mass is 10.0. The third kappa shape index (κ3) is 5.48. The van der Waals surface area contributed by atoms with E-state index in [2.05, 4.69) is 74.1 Å². The average molecular weight is 457 g/mol. The fourth-order valence-electron chi connectivity index (χ4n) is 3.87. The van der Waals surface area contributed by atoms with E-state index >= 15 is 0 Å². The minimum absolute atomic E-state index is 0.0925. The summed E-state index contributed by atoms with van der Waals surface area (Å²) in [5, 5.41) is 1.22. The second-order valence-corrected chi connectivity index (χ2v) is 11.2. The van der Waals surface area contributed by atoms with Crippen LogP contribution >= 0.6 is 0 Å². The van der Waals surface area contributed by atoms with E-state index in [1.165, 1.54) is 12.0 Å². The zero-order valence-electron chi connectivity index (χ0n) is 19.8. The molecule has 0 bridgehead atoms. The molecular formula is C28H32N4S. The number of aromatic amines is 1. The molecule has 4 nitrogen and oxygen atoms in total. The van der Waals surface area contributed by atoms with Gasteiger partial charge in [-0.15, -0.1) is 0 Å². The van der Waals surface area contributed by atoms with Gasteiger partial charge >= 0.3 is 0 Å². The Morgan fingerprint density at radius 1 is 0.848 bits per heavy atom. The molecule has 2 atom stereocenters. The van der Waals surface area contributed by atoms with Crippen LogP contribution in [0.25, 0.3) is 33.9 Å². The maximum absolute atomic E-state index is 5.07. The van der Waals surface area contributed by atoms with Crippen LogP contribution in [0.15, 0.2) is 83.5 Å². The molecule has 33 heavy (non-hydrogen) atoms. The Labute approximate surface area is 199 Å². The first kappa shape index (κ1) is 23.1. The second kappa shape index (κ2) is 10.7. The molecule has 0 radical (unpaired) electrons. The van der Waals surface area contributed by atoms with Gasteiger partial charge in [0.2, 0.25) is 0 Å². The summed E-state index contributed by atoms with van der Waals surface area (Å²) >= 11 is 0. The largest absolute Gasteiger partial charge is 0.337 e. The molecule has 170 valence electrons. The van der Waals surface area contributed by atoms with Crippen LogP contribution in [0.5, 0.6) is 0 Å². The summed E-state index contributed by atoms with van der Waals surface area (Å²) in [4.78, 5) is 12.7. The van der Waals surface area contributed by atoms with Gasteiger partial charge in [-0.05, 0) is 24.1 Å². The van der Waals surface area contributed by atoms with Gasteiger partial charge < -0.3 is 4.98 Å². The van der Waals surface area contributed by atoms with Gasteiger partial charge in [-0.2, -0.15) is 0 Å². The molecule has 0 amide bonds. The van der Waals surface area contributed by atoms with E-state index in [-0.39, 0.29) is 10.7 Å². The van der Waals surface area contributed by atoms with E-state index in [4.69, 9.17) is 9.35 Å². The lowest BCUT2D eigenvalue weighted by Gasteiger charge is -2.18. The maximum atomic E-state index is 5.07. The summed E-state index contributed by atoms with van der Waals surface area (Å²) in [5.41, 5.74) is 6.43. The number of benzene rings is 2. The number of nitrogens with zero attached hydrogens (tertiary/aromatic N) is 3. The van der Waals surface area contributed by atoms with E-state index in [1.54, 1.807) is 0 Å². The van der Waals surface area contributed by atoms with Crippen LogP contribution in [0.2, 0.25) is 0 Å². The zero-order chi connectivity index (χ0) is 23.2. The molecule has 5 heteroatoms. The van der Waals surface area contributed by atoms with Gasteiger partial charge in [0.05, 0.1) is 17.9 Å². The number of imidazole rings is 1. The number of rotatable bonds is 8. The maximum Gasteiger partial charge on any atom is 0.138 e. The highest BCUT2D eigenvalue weighted by Crippen LogP contribution is 2.33. The molecule has 0 aliphatic rings. The van der Waals surface area contributed by atoms with Crippen LogP contribution in [-0.2, 0) is 17.2 Å². The van der Waals surface area contributed by atoms with E-state index < -0.39 is 0 Å². The molecule has 0 fully saturated rings. The summed E-state index contributed by atoms with van der Waals surface area (Å²) < 4.78 is 5.07. The first-order valence-corrected chi connectivity index (χ1v) is 12.9.